The first kappa shape index (κ1) is 18.1. The molecule has 28 heavy (non-hydrogen) atoms. The first-order chi connectivity index (χ1) is 13.5. The molecule has 0 saturated heterocycles. The van der Waals surface area contributed by atoms with E-state index in [1.165, 1.54) is 16.9 Å². The number of hydrogen-bond donors (Lipinski definition) is 1. The van der Waals surface area contributed by atoms with Gasteiger partial charge in [-0.05, 0) is 35.0 Å². The average Bonchev–Trinajstić information content (AvgIpc) is 3.29. The minimum atomic E-state index is -0.442. The second-order valence-corrected chi connectivity index (χ2v) is 6.70. The van der Waals surface area contributed by atoms with Crippen LogP contribution in [0.4, 0.5) is 5.69 Å². The van der Waals surface area contributed by atoms with Gasteiger partial charge < -0.3 is 0 Å². The van der Waals surface area contributed by atoms with E-state index >= 15 is 0 Å². The second-order valence-electron chi connectivity index (χ2n) is 5.84. The fourth-order valence-electron chi connectivity index (χ4n) is 2.58. The van der Waals surface area contributed by atoms with Crippen LogP contribution in [0.15, 0.2) is 59.8 Å². The quantitative estimate of drug-likeness (QED) is 0.305. The summed E-state index contributed by atoms with van der Waals surface area (Å²) in [5, 5.41) is 28.7. The van der Waals surface area contributed by atoms with Crippen LogP contribution < -0.4 is 0 Å². The molecule has 0 spiro atoms. The maximum atomic E-state index is 10.7. The molecule has 2 aromatic carbocycles. The maximum Gasteiger partial charge on any atom is 0.269 e. The van der Waals surface area contributed by atoms with E-state index in [2.05, 4.69) is 33.1 Å². The van der Waals surface area contributed by atoms with Gasteiger partial charge in [0.15, 0.2) is 0 Å². The normalized spacial score (nSPS) is 10.9. The number of tetrazole rings is 1. The molecule has 4 aromatic rings. The summed E-state index contributed by atoms with van der Waals surface area (Å²) < 4.78 is 1.64. The molecule has 0 amide bonds. The number of thiol groups is 1. The molecule has 2 aromatic heterocycles. The third kappa shape index (κ3) is 3.59. The van der Waals surface area contributed by atoms with Gasteiger partial charge in [0.1, 0.15) is 5.03 Å². The minimum absolute atomic E-state index is 0.0327. The van der Waals surface area contributed by atoms with Gasteiger partial charge in [-0.3, -0.25) is 10.1 Å². The lowest BCUT2D eigenvalue weighted by atomic mass is 10.2. The molecule has 0 saturated carbocycles. The molecule has 0 aliphatic heterocycles. The molecular formula is C17H12ClN7O2S. The summed E-state index contributed by atoms with van der Waals surface area (Å²) in [6.07, 6.45) is 1.62. The summed E-state index contributed by atoms with van der Waals surface area (Å²) in [6, 6.07) is 13.4. The van der Waals surface area contributed by atoms with Crippen molar-refractivity contribution in [2.24, 2.45) is 0 Å². The molecule has 4 rings (SSSR count). The lowest BCUT2D eigenvalue weighted by Crippen LogP contribution is -2.04. The zero-order valence-corrected chi connectivity index (χ0v) is 15.8. The maximum absolute atomic E-state index is 10.7. The van der Waals surface area contributed by atoms with Crippen LogP contribution in [-0.4, -0.2) is 34.9 Å². The number of nitro benzene ring substituents is 1. The van der Waals surface area contributed by atoms with Crippen molar-refractivity contribution in [3.8, 4) is 17.1 Å². The van der Waals surface area contributed by atoms with E-state index in [0.717, 1.165) is 11.3 Å². The molecule has 2 heterocycles. The van der Waals surface area contributed by atoms with Gasteiger partial charge in [-0.25, -0.2) is 4.68 Å². The molecule has 11 heteroatoms. The summed E-state index contributed by atoms with van der Waals surface area (Å²) in [7, 11) is 0. The Balaban J connectivity index is 1.56. The Kier molecular flexibility index (Phi) is 4.80. The fraction of sp³-hybridized carbons (Fsp3) is 0.0588. The number of benzene rings is 2. The van der Waals surface area contributed by atoms with Gasteiger partial charge in [0, 0.05) is 17.2 Å². The molecule has 0 bridgehead atoms. The van der Waals surface area contributed by atoms with E-state index in [1.807, 2.05) is 12.1 Å². The predicted molar refractivity (Wildman–Crippen MR) is 105 cm³/mol. The Hall–Kier alpha value is -3.24. The van der Waals surface area contributed by atoms with Crippen LogP contribution in [-0.2, 0) is 6.54 Å². The van der Waals surface area contributed by atoms with E-state index in [-0.39, 0.29) is 5.69 Å². The summed E-state index contributed by atoms with van der Waals surface area (Å²) >= 11 is 10.5. The summed E-state index contributed by atoms with van der Waals surface area (Å²) in [5.74, 6) is 0.382. The van der Waals surface area contributed by atoms with E-state index < -0.39 is 4.92 Å². The topological polar surface area (TPSA) is 105 Å². The van der Waals surface area contributed by atoms with Crippen LogP contribution in [0.3, 0.4) is 0 Å². The van der Waals surface area contributed by atoms with E-state index in [4.69, 9.17) is 11.6 Å². The van der Waals surface area contributed by atoms with Gasteiger partial charge in [0.2, 0.25) is 5.82 Å². The highest BCUT2D eigenvalue weighted by Gasteiger charge is 2.16. The van der Waals surface area contributed by atoms with Crippen molar-refractivity contribution in [3.63, 3.8) is 0 Å². The van der Waals surface area contributed by atoms with Gasteiger partial charge in [-0.1, -0.05) is 23.7 Å². The SMILES string of the molecule is O=[N+]([O-])c1ccc(Cn2nnc(-c3cnn(-c4ccc(Cl)cc4)c3S)n2)cc1. The number of non-ortho nitro benzene ring substituents is 1. The summed E-state index contributed by atoms with van der Waals surface area (Å²) in [5.41, 5.74) is 2.29. The van der Waals surface area contributed by atoms with Crippen molar-refractivity contribution < 1.29 is 4.92 Å². The van der Waals surface area contributed by atoms with Gasteiger partial charge in [0.25, 0.3) is 5.69 Å². The van der Waals surface area contributed by atoms with Crippen LogP contribution in [0.5, 0.6) is 0 Å². The molecule has 0 radical (unpaired) electrons. The van der Waals surface area contributed by atoms with Gasteiger partial charge in [-0.15, -0.1) is 22.8 Å². The molecule has 0 aliphatic carbocycles. The smallest absolute Gasteiger partial charge is 0.258 e. The number of nitro groups is 1. The Labute approximate surface area is 169 Å². The third-order valence-electron chi connectivity index (χ3n) is 3.98. The highest BCUT2D eigenvalue weighted by Crippen LogP contribution is 2.26. The van der Waals surface area contributed by atoms with Gasteiger partial charge >= 0.3 is 0 Å². The number of hydrogen-bond acceptors (Lipinski definition) is 7. The van der Waals surface area contributed by atoms with Gasteiger partial charge in [0.05, 0.1) is 28.9 Å². The average molecular weight is 414 g/mol. The van der Waals surface area contributed by atoms with E-state index in [0.29, 0.717) is 28.0 Å². The Morgan fingerprint density at radius 2 is 1.82 bits per heavy atom. The first-order valence-electron chi connectivity index (χ1n) is 8.06. The number of halogens is 1. The monoisotopic (exact) mass is 413 g/mol. The molecule has 0 atom stereocenters. The molecule has 9 nitrogen and oxygen atoms in total. The van der Waals surface area contributed by atoms with Crippen LogP contribution in [0, 0.1) is 10.1 Å². The van der Waals surface area contributed by atoms with Crippen molar-refractivity contribution in [2.45, 2.75) is 11.6 Å². The summed E-state index contributed by atoms with van der Waals surface area (Å²) in [4.78, 5) is 11.7. The van der Waals surface area contributed by atoms with Crippen molar-refractivity contribution in [1.82, 2.24) is 30.0 Å². The van der Waals surface area contributed by atoms with Crippen molar-refractivity contribution in [2.75, 3.05) is 0 Å². The van der Waals surface area contributed by atoms with Crippen LogP contribution in [0.2, 0.25) is 5.02 Å². The number of nitrogens with zero attached hydrogens (tertiary/aromatic N) is 7. The largest absolute Gasteiger partial charge is 0.269 e. The molecule has 0 unspecified atom stereocenters. The fourth-order valence-corrected chi connectivity index (χ4v) is 3.03. The van der Waals surface area contributed by atoms with Gasteiger partial charge in [-0.2, -0.15) is 9.90 Å². The highest BCUT2D eigenvalue weighted by molar-refractivity contribution is 7.80. The van der Waals surface area contributed by atoms with Crippen molar-refractivity contribution in [3.05, 3.63) is 75.4 Å². The highest BCUT2D eigenvalue weighted by atomic mass is 35.5. The Morgan fingerprint density at radius 3 is 2.50 bits per heavy atom. The zero-order valence-electron chi connectivity index (χ0n) is 14.2. The van der Waals surface area contributed by atoms with Crippen LogP contribution in [0.1, 0.15) is 5.56 Å². The van der Waals surface area contributed by atoms with E-state index in [9.17, 15) is 10.1 Å². The predicted octanol–water partition coefficient (Wildman–Crippen LogP) is 3.42. The molecule has 0 N–H and O–H groups in total. The Bertz CT molecular complexity index is 1140. The molecule has 140 valence electrons. The minimum Gasteiger partial charge on any atom is -0.258 e. The standard InChI is InChI=1S/C17H12ClN7O2S/c18-12-3-7-13(8-4-12)24-17(28)15(9-19-24)16-20-22-23(21-16)10-11-1-5-14(6-2-11)25(26)27/h1-9,28H,10H2. The third-order valence-corrected chi connectivity index (χ3v) is 4.66. The van der Waals surface area contributed by atoms with Crippen LogP contribution in [0.25, 0.3) is 17.1 Å². The molecule has 0 aliphatic rings. The molecule has 0 fully saturated rings. The van der Waals surface area contributed by atoms with E-state index in [1.54, 1.807) is 35.1 Å². The Morgan fingerprint density at radius 1 is 1.11 bits per heavy atom. The number of aromatic nitrogens is 6. The molecular weight excluding hydrogens is 402 g/mol. The summed E-state index contributed by atoms with van der Waals surface area (Å²) in [6.45, 7) is 0.332. The lowest BCUT2D eigenvalue weighted by Gasteiger charge is -2.03. The van der Waals surface area contributed by atoms with Crippen LogP contribution >= 0.6 is 24.2 Å². The zero-order chi connectivity index (χ0) is 19.7. The second kappa shape index (κ2) is 7.41. The van der Waals surface area contributed by atoms with Crippen molar-refractivity contribution >= 4 is 29.9 Å². The van der Waals surface area contributed by atoms with Crippen molar-refractivity contribution in [1.29, 1.82) is 0 Å². The lowest BCUT2D eigenvalue weighted by molar-refractivity contribution is -0.384. The number of rotatable bonds is 5. The first-order valence-corrected chi connectivity index (χ1v) is 8.88.